The van der Waals surface area contributed by atoms with E-state index in [2.05, 4.69) is 0 Å². The number of carboxylic acids is 1. The summed E-state index contributed by atoms with van der Waals surface area (Å²) in [5.41, 5.74) is 0.796. The quantitative estimate of drug-likeness (QED) is 0.889. The molecule has 2 atom stereocenters. The van der Waals surface area contributed by atoms with E-state index >= 15 is 0 Å². The van der Waals surface area contributed by atoms with Crippen LogP contribution in [0.3, 0.4) is 0 Å². The fourth-order valence-corrected chi connectivity index (χ4v) is 2.36. The van der Waals surface area contributed by atoms with Crippen LogP contribution in [-0.4, -0.2) is 36.4 Å². The molecule has 5 heteroatoms. The highest BCUT2D eigenvalue weighted by Gasteiger charge is 2.31. The molecular formula is C14H18FNO3. The van der Waals surface area contributed by atoms with Crippen LogP contribution in [0.25, 0.3) is 0 Å². The molecule has 0 aromatic heterocycles. The number of hydrogen-bond acceptors (Lipinski definition) is 3. The molecule has 2 unspecified atom stereocenters. The van der Waals surface area contributed by atoms with Crippen LogP contribution < -0.4 is 4.90 Å². The minimum atomic E-state index is -0.906. The Morgan fingerprint density at radius 2 is 2.32 bits per heavy atom. The van der Waals surface area contributed by atoms with Crippen molar-refractivity contribution in [3.63, 3.8) is 0 Å². The highest BCUT2D eigenvalue weighted by atomic mass is 19.1. The average Bonchev–Trinajstić information content (AvgIpc) is 2.84. The van der Waals surface area contributed by atoms with Crippen LogP contribution >= 0.6 is 0 Å². The van der Waals surface area contributed by atoms with Crippen molar-refractivity contribution < 1.29 is 19.0 Å². The number of halogens is 1. The van der Waals surface area contributed by atoms with Gasteiger partial charge in [0.1, 0.15) is 5.82 Å². The maximum absolute atomic E-state index is 13.2. The van der Waals surface area contributed by atoms with Crippen molar-refractivity contribution in [2.45, 2.75) is 32.0 Å². The Bertz CT molecular complexity index is 452. The average molecular weight is 267 g/mol. The molecule has 1 aliphatic rings. The number of aliphatic carboxylic acids is 1. The largest absolute Gasteiger partial charge is 0.479 e. The second-order valence-electron chi connectivity index (χ2n) is 4.68. The van der Waals surface area contributed by atoms with E-state index in [4.69, 9.17) is 9.84 Å². The van der Waals surface area contributed by atoms with Crippen molar-refractivity contribution in [1.82, 2.24) is 0 Å². The topological polar surface area (TPSA) is 49.8 Å². The first-order chi connectivity index (χ1) is 9.10. The third kappa shape index (κ3) is 3.44. The van der Waals surface area contributed by atoms with Gasteiger partial charge in [-0.1, -0.05) is 6.07 Å². The van der Waals surface area contributed by atoms with Crippen LogP contribution in [0, 0.1) is 5.82 Å². The number of benzene rings is 1. The summed E-state index contributed by atoms with van der Waals surface area (Å²) in [7, 11) is 0. The lowest BCUT2D eigenvalue weighted by Crippen LogP contribution is -2.33. The van der Waals surface area contributed by atoms with Crippen molar-refractivity contribution in [2.24, 2.45) is 0 Å². The lowest BCUT2D eigenvalue weighted by atomic mass is 10.2. The van der Waals surface area contributed by atoms with Crippen LogP contribution in [0.4, 0.5) is 10.1 Å². The predicted octanol–water partition coefficient (Wildman–Crippen LogP) is 2.28. The van der Waals surface area contributed by atoms with E-state index in [0.717, 1.165) is 18.7 Å². The van der Waals surface area contributed by atoms with Gasteiger partial charge in [0.2, 0.25) is 0 Å². The summed E-state index contributed by atoms with van der Waals surface area (Å²) in [5.74, 6) is -1.18. The summed E-state index contributed by atoms with van der Waals surface area (Å²) in [6.45, 7) is 3.29. The van der Waals surface area contributed by atoms with Gasteiger partial charge in [-0.2, -0.15) is 0 Å². The molecule has 0 radical (unpaired) electrons. The maximum atomic E-state index is 13.2. The van der Waals surface area contributed by atoms with E-state index < -0.39 is 12.1 Å². The monoisotopic (exact) mass is 267 g/mol. The molecule has 0 spiro atoms. The zero-order chi connectivity index (χ0) is 13.8. The van der Waals surface area contributed by atoms with Gasteiger partial charge in [0, 0.05) is 18.8 Å². The zero-order valence-corrected chi connectivity index (χ0v) is 10.9. The molecule has 1 aromatic rings. The molecule has 104 valence electrons. The molecule has 1 aromatic carbocycles. The van der Waals surface area contributed by atoms with E-state index in [1.165, 1.54) is 12.1 Å². The van der Waals surface area contributed by atoms with Crippen molar-refractivity contribution in [3.8, 4) is 0 Å². The van der Waals surface area contributed by atoms with Crippen molar-refractivity contribution >= 4 is 11.7 Å². The Balaban J connectivity index is 1.99. The van der Waals surface area contributed by atoms with E-state index in [-0.39, 0.29) is 11.9 Å². The third-order valence-corrected chi connectivity index (χ3v) is 3.36. The number of carboxylic acid groups (broad SMARTS) is 1. The van der Waals surface area contributed by atoms with E-state index in [0.29, 0.717) is 13.0 Å². The summed E-state index contributed by atoms with van der Waals surface area (Å²) < 4.78 is 18.7. The molecule has 1 heterocycles. The van der Waals surface area contributed by atoms with Gasteiger partial charge in [-0.05, 0) is 38.0 Å². The van der Waals surface area contributed by atoms with Crippen molar-refractivity contribution in [3.05, 3.63) is 30.1 Å². The molecule has 1 aliphatic heterocycles. The highest BCUT2D eigenvalue weighted by Crippen LogP contribution is 2.23. The summed E-state index contributed by atoms with van der Waals surface area (Å²) >= 11 is 0. The van der Waals surface area contributed by atoms with Crippen LogP contribution in [0.1, 0.15) is 19.8 Å². The first kappa shape index (κ1) is 13.8. The molecule has 1 saturated heterocycles. The van der Waals surface area contributed by atoms with Crippen LogP contribution in [0.15, 0.2) is 24.3 Å². The van der Waals surface area contributed by atoms with Crippen LogP contribution in [-0.2, 0) is 9.53 Å². The molecule has 19 heavy (non-hydrogen) atoms. The lowest BCUT2D eigenvalue weighted by molar-refractivity contribution is -0.149. The molecule has 4 nitrogen and oxygen atoms in total. The van der Waals surface area contributed by atoms with Crippen molar-refractivity contribution in [1.29, 1.82) is 0 Å². The molecule has 0 aliphatic carbocycles. The molecule has 1 N–H and O–H groups in total. The summed E-state index contributed by atoms with van der Waals surface area (Å²) in [4.78, 5) is 12.8. The third-order valence-electron chi connectivity index (χ3n) is 3.36. The molecular weight excluding hydrogens is 249 g/mol. The molecule has 2 rings (SSSR count). The van der Waals surface area contributed by atoms with Gasteiger partial charge in [-0.3, -0.25) is 0 Å². The fourth-order valence-electron chi connectivity index (χ4n) is 2.36. The number of hydrogen-bond donors (Lipinski definition) is 1. The van der Waals surface area contributed by atoms with Crippen LogP contribution in [0.5, 0.6) is 0 Å². The maximum Gasteiger partial charge on any atom is 0.332 e. The Kier molecular flexibility index (Phi) is 4.37. The van der Waals surface area contributed by atoms with Gasteiger partial charge in [0.15, 0.2) is 6.10 Å². The Morgan fingerprint density at radius 3 is 2.89 bits per heavy atom. The van der Waals surface area contributed by atoms with Crippen LogP contribution in [0.2, 0.25) is 0 Å². The zero-order valence-electron chi connectivity index (χ0n) is 10.9. The number of ether oxygens (including phenoxy) is 1. The molecule has 0 bridgehead atoms. The molecule has 0 amide bonds. The minimum Gasteiger partial charge on any atom is -0.479 e. The number of nitrogens with zero attached hydrogens (tertiary/aromatic N) is 1. The van der Waals surface area contributed by atoms with Crippen molar-refractivity contribution in [2.75, 3.05) is 18.0 Å². The summed E-state index contributed by atoms with van der Waals surface area (Å²) in [6.07, 6.45) is 0.462. The van der Waals surface area contributed by atoms with Gasteiger partial charge in [-0.15, -0.1) is 0 Å². The Hall–Kier alpha value is -1.62. The van der Waals surface area contributed by atoms with Gasteiger partial charge >= 0.3 is 5.97 Å². The van der Waals surface area contributed by atoms with E-state index in [9.17, 15) is 9.18 Å². The van der Waals surface area contributed by atoms with E-state index in [1.807, 2.05) is 17.9 Å². The fraction of sp³-hybridized carbons (Fsp3) is 0.500. The SMILES string of the molecule is CCN(CC1CCC(C(=O)O)O1)c1cccc(F)c1. The number of likely N-dealkylation sites (N-methyl/N-ethyl adjacent to an activating group) is 1. The number of rotatable bonds is 5. The first-order valence-electron chi connectivity index (χ1n) is 6.49. The normalized spacial score (nSPS) is 22.4. The number of carbonyl (C=O) groups is 1. The Morgan fingerprint density at radius 1 is 1.53 bits per heavy atom. The standard InChI is InChI=1S/C14H18FNO3/c1-2-16(11-5-3-4-10(15)8-11)9-12-6-7-13(19-12)14(17)18/h3-5,8,12-13H,2,6-7,9H2,1H3,(H,17,18). The first-order valence-corrected chi connectivity index (χ1v) is 6.49. The lowest BCUT2D eigenvalue weighted by Gasteiger charge is -2.26. The number of anilines is 1. The molecule has 1 fully saturated rings. The Labute approximate surface area is 111 Å². The summed E-state index contributed by atoms with van der Waals surface area (Å²) in [5, 5.41) is 8.89. The second kappa shape index (κ2) is 6.02. The second-order valence-corrected chi connectivity index (χ2v) is 4.68. The van der Waals surface area contributed by atoms with Gasteiger partial charge in [0.05, 0.1) is 6.10 Å². The predicted molar refractivity (Wildman–Crippen MR) is 69.8 cm³/mol. The van der Waals surface area contributed by atoms with Gasteiger partial charge < -0.3 is 14.7 Å². The minimum absolute atomic E-state index is 0.107. The highest BCUT2D eigenvalue weighted by molar-refractivity contribution is 5.72. The van der Waals surface area contributed by atoms with Gasteiger partial charge in [-0.25, -0.2) is 9.18 Å². The molecule has 0 saturated carbocycles. The van der Waals surface area contributed by atoms with Gasteiger partial charge in [0.25, 0.3) is 0 Å². The van der Waals surface area contributed by atoms with E-state index in [1.54, 1.807) is 6.07 Å². The smallest absolute Gasteiger partial charge is 0.332 e. The summed E-state index contributed by atoms with van der Waals surface area (Å²) in [6, 6.07) is 6.40.